The molecule has 1 fully saturated rings. The Morgan fingerprint density at radius 3 is 2.75 bits per heavy atom. The number of carboxylic acid groups (broad SMARTS) is 1. The van der Waals surface area contributed by atoms with E-state index in [1.165, 1.54) is 0 Å². The monoisotopic (exact) mass is 215 g/mol. The van der Waals surface area contributed by atoms with E-state index >= 15 is 0 Å². The molecular formula is C13H13NO2. The average Bonchev–Trinajstić information content (AvgIpc) is 3.09. The summed E-state index contributed by atoms with van der Waals surface area (Å²) >= 11 is 0. The maximum Gasteiger partial charge on any atom is 0.303 e. The van der Waals surface area contributed by atoms with Crippen molar-refractivity contribution < 1.29 is 9.90 Å². The molecule has 1 aliphatic carbocycles. The van der Waals surface area contributed by atoms with Crippen molar-refractivity contribution in [1.82, 2.24) is 0 Å². The summed E-state index contributed by atoms with van der Waals surface area (Å²) in [6.45, 7) is 0. The molecule has 1 aromatic rings. The van der Waals surface area contributed by atoms with E-state index in [-0.39, 0.29) is 12.3 Å². The van der Waals surface area contributed by atoms with Crippen LogP contribution in [0.25, 0.3) is 0 Å². The summed E-state index contributed by atoms with van der Waals surface area (Å²) < 4.78 is 0. The molecule has 1 unspecified atom stereocenters. The molecule has 0 spiro atoms. The van der Waals surface area contributed by atoms with Crippen molar-refractivity contribution in [2.24, 2.45) is 5.92 Å². The quantitative estimate of drug-likeness (QED) is 0.839. The molecule has 1 aliphatic rings. The molecule has 2 rings (SSSR count). The fraction of sp³-hybridized carbons (Fsp3) is 0.385. The summed E-state index contributed by atoms with van der Waals surface area (Å²) in [7, 11) is 0. The highest BCUT2D eigenvalue weighted by atomic mass is 16.4. The number of carbonyl (C=O) groups is 1. The van der Waals surface area contributed by atoms with E-state index in [1.807, 2.05) is 18.2 Å². The fourth-order valence-corrected chi connectivity index (χ4v) is 2.14. The predicted octanol–water partition coefficient (Wildman–Crippen LogP) is 2.53. The standard InChI is InChI=1S/C13H13NO2/c14-8-10-3-1-2-4-11(10)12(7-13(15)16)9-5-6-9/h1-4,9,12H,5-7H2,(H,15,16). The van der Waals surface area contributed by atoms with E-state index in [2.05, 4.69) is 6.07 Å². The maximum absolute atomic E-state index is 10.8. The van der Waals surface area contributed by atoms with E-state index in [9.17, 15) is 4.79 Å². The minimum absolute atomic E-state index is 0.00773. The Labute approximate surface area is 94.3 Å². The smallest absolute Gasteiger partial charge is 0.303 e. The van der Waals surface area contributed by atoms with Gasteiger partial charge in [-0.25, -0.2) is 0 Å². The molecule has 82 valence electrons. The minimum Gasteiger partial charge on any atom is -0.481 e. The first kappa shape index (κ1) is 10.7. The fourth-order valence-electron chi connectivity index (χ4n) is 2.14. The molecule has 0 bridgehead atoms. The predicted molar refractivity (Wildman–Crippen MR) is 58.9 cm³/mol. The van der Waals surface area contributed by atoms with Gasteiger partial charge in [-0.05, 0) is 36.3 Å². The van der Waals surface area contributed by atoms with E-state index in [4.69, 9.17) is 10.4 Å². The summed E-state index contributed by atoms with van der Waals surface area (Å²) in [5.74, 6) is -0.330. The van der Waals surface area contributed by atoms with Gasteiger partial charge >= 0.3 is 5.97 Å². The van der Waals surface area contributed by atoms with Crippen LogP contribution in [-0.2, 0) is 4.79 Å². The molecule has 1 aromatic carbocycles. The van der Waals surface area contributed by atoms with Gasteiger partial charge in [0.15, 0.2) is 0 Å². The van der Waals surface area contributed by atoms with Crippen LogP contribution in [0.4, 0.5) is 0 Å². The molecule has 1 N–H and O–H groups in total. The summed E-state index contributed by atoms with van der Waals surface area (Å²) in [5.41, 5.74) is 1.51. The molecule has 16 heavy (non-hydrogen) atoms. The number of carboxylic acids is 1. The van der Waals surface area contributed by atoms with Gasteiger partial charge in [0.25, 0.3) is 0 Å². The summed E-state index contributed by atoms with van der Waals surface area (Å²) in [6, 6.07) is 9.46. The van der Waals surface area contributed by atoms with Gasteiger partial charge < -0.3 is 5.11 Å². The SMILES string of the molecule is N#Cc1ccccc1C(CC(=O)O)C1CC1. The zero-order valence-corrected chi connectivity index (χ0v) is 8.89. The lowest BCUT2D eigenvalue weighted by Gasteiger charge is -2.15. The van der Waals surface area contributed by atoms with Crippen molar-refractivity contribution in [2.75, 3.05) is 0 Å². The maximum atomic E-state index is 10.8. The van der Waals surface area contributed by atoms with Crippen LogP contribution in [-0.4, -0.2) is 11.1 Å². The second kappa shape index (κ2) is 4.36. The summed E-state index contributed by atoms with van der Waals surface area (Å²) in [4.78, 5) is 10.8. The first-order valence-corrected chi connectivity index (χ1v) is 5.43. The van der Waals surface area contributed by atoms with Crippen molar-refractivity contribution in [3.8, 4) is 6.07 Å². The van der Waals surface area contributed by atoms with Gasteiger partial charge in [0.2, 0.25) is 0 Å². The van der Waals surface area contributed by atoms with Crippen LogP contribution in [0.2, 0.25) is 0 Å². The second-order valence-electron chi connectivity index (χ2n) is 4.24. The average molecular weight is 215 g/mol. The molecule has 1 saturated carbocycles. The molecule has 0 aromatic heterocycles. The van der Waals surface area contributed by atoms with Crippen LogP contribution in [0.3, 0.4) is 0 Å². The molecule has 3 nitrogen and oxygen atoms in total. The minimum atomic E-state index is -0.787. The highest BCUT2D eigenvalue weighted by Crippen LogP contribution is 2.45. The lowest BCUT2D eigenvalue weighted by atomic mass is 9.88. The first-order chi connectivity index (χ1) is 7.72. The molecule has 0 aliphatic heterocycles. The zero-order chi connectivity index (χ0) is 11.5. The Morgan fingerprint density at radius 1 is 1.50 bits per heavy atom. The molecule has 0 heterocycles. The van der Waals surface area contributed by atoms with Crippen LogP contribution in [0.1, 0.15) is 36.3 Å². The third-order valence-corrected chi connectivity index (χ3v) is 3.07. The molecular weight excluding hydrogens is 202 g/mol. The van der Waals surface area contributed by atoms with Crippen LogP contribution in [0.15, 0.2) is 24.3 Å². The Morgan fingerprint density at radius 2 is 2.19 bits per heavy atom. The van der Waals surface area contributed by atoms with Gasteiger partial charge in [-0.2, -0.15) is 5.26 Å². The van der Waals surface area contributed by atoms with Crippen LogP contribution in [0, 0.1) is 17.2 Å². The summed E-state index contributed by atoms with van der Waals surface area (Å²) in [5, 5.41) is 17.9. The van der Waals surface area contributed by atoms with Gasteiger partial charge in [-0.1, -0.05) is 18.2 Å². The highest BCUT2D eigenvalue weighted by molar-refractivity contribution is 5.68. The number of aliphatic carboxylic acids is 1. The lowest BCUT2D eigenvalue weighted by molar-refractivity contribution is -0.137. The van der Waals surface area contributed by atoms with Crippen molar-refractivity contribution in [2.45, 2.75) is 25.2 Å². The van der Waals surface area contributed by atoms with Crippen molar-refractivity contribution >= 4 is 5.97 Å². The largest absolute Gasteiger partial charge is 0.481 e. The van der Waals surface area contributed by atoms with Gasteiger partial charge in [0.1, 0.15) is 0 Å². The Hall–Kier alpha value is -1.82. The van der Waals surface area contributed by atoms with Gasteiger partial charge in [-0.15, -0.1) is 0 Å². The number of nitrogens with zero attached hydrogens (tertiary/aromatic N) is 1. The van der Waals surface area contributed by atoms with Gasteiger partial charge in [-0.3, -0.25) is 4.79 Å². The van der Waals surface area contributed by atoms with E-state index in [1.54, 1.807) is 6.07 Å². The Kier molecular flexibility index (Phi) is 2.91. The van der Waals surface area contributed by atoms with Crippen molar-refractivity contribution in [1.29, 1.82) is 5.26 Å². The second-order valence-corrected chi connectivity index (χ2v) is 4.24. The van der Waals surface area contributed by atoms with Gasteiger partial charge in [0.05, 0.1) is 18.1 Å². The lowest BCUT2D eigenvalue weighted by Crippen LogP contribution is -2.09. The number of nitriles is 1. The van der Waals surface area contributed by atoms with Gasteiger partial charge in [0, 0.05) is 0 Å². The number of benzene rings is 1. The normalized spacial score (nSPS) is 16.4. The van der Waals surface area contributed by atoms with Crippen LogP contribution in [0.5, 0.6) is 0 Å². The van der Waals surface area contributed by atoms with Crippen molar-refractivity contribution in [3.63, 3.8) is 0 Å². The first-order valence-electron chi connectivity index (χ1n) is 5.43. The zero-order valence-electron chi connectivity index (χ0n) is 8.89. The topological polar surface area (TPSA) is 61.1 Å². The third-order valence-electron chi connectivity index (χ3n) is 3.07. The highest BCUT2D eigenvalue weighted by Gasteiger charge is 2.34. The molecule has 3 heteroatoms. The van der Waals surface area contributed by atoms with E-state index in [0.29, 0.717) is 11.5 Å². The molecule has 0 saturated heterocycles. The number of hydrogen-bond donors (Lipinski definition) is 1. The van der Waals surface area contributed by atoms with E-state index in [0.717, 1.165) is 18.4 Å². The number of hydrogen-bond acceptors (Lipinski definition) is 2. The van der Waals surface area contributed by atoms with Crippen LogP contribution < -0.4 is 0 Å². The summed E-state index contributed by atoms with van der Waals surface area (Å²) in [6.07, 6.45) is 2.29. The van der Waals surface area contributed by atoms with Crippen LogP contribution >= 0.6 is 0 Å². The molecule has 0 amide bonds. The van der Waals surface area contributed by atoms with Crippen molar-refractivity contribution in [3.05, 3.63) is 35.4 Å². The Balaban J connectivity index is 2.31. The van der Waals surface area contributed by atoms with E-state index < -0.39 is 5.97 Å². The molecule has 1 atom stereocenters. The third kappa shape index (κ3) is 2.22. The number of rotatable bonds is 4. The Bertz CT molecular complexity index is 443. The molecule has 0 radical (unpaired) electrons.